The molecule has 2 aromatic heterocycles. The molecule has 0 bridgehead atoms. The Balaban J connectivity index is 2.02. The Morgan fingerprint density at radius 1 is 1.14 bits per heavy atom. The van der Waals surface area contributed by atoms with Gasteiger partial charge < -0.3 is 10.7 Å². The Kier molecular flexibility index (Phi) is 3.69. The molecule has 3 rings (SSSR count). The predicted octanol–water partition coefficient (Wildman–Crippen LogP) is 3.49. The Morgan fingerprint density at radius 2 is 1.95 bits per heavy atom. The van der Waals surface area contributed by atoms with E-state index < -0.39 is 0 Å². The summed E-state index contributed by atoms with van der Waals surface area (Å²) in [5.41, 5.74) is 12.2. The monoisotopic (exact) mass is 298 g/mol. The molecule has 0 unspecified atom stereocenters. The lowest BCUT2D eigenvalue weighted by Gasteiger charge is -2.09. The van der Waals surface area contributed by atoms with Gasteiger partial charge in [-0.15, -0.1) is 0 Å². The molecule has 1 aromatic carbocycles. The average molecular weight is 298 g/mol. The number of aromatic nitrogens is 3. The van der Waals surface area contributed by atoms with Crippen LogP contribution in [-0.2, 0) is 6.54 Å². The van der Waals surface area contributed by atoms with Gasteiger partial charge >= 0.3 is 0 Å². The van der Waals surface area contributed by atoms with Crippen molar-refractivity contribution in [2.24, 2.45) is 5.73 Å². The molecule has 0 aliphatic carbocycles. The number of aromatic amines is 1. The first-order chi connectivity index (χ1) is 10.1. The van der Waals surface area contributed by atoms with E-state index in [0.717, 1.165) is 38.0 Å². The van der Waals surface area contributed by atoms with E-state index in [2.05, 4.69) is 40.1 Å². The maximum absolute atomic E-state index is 5.87. The number of nitrogens with one attached hydrogen (secondary N) is 1. The highest BCUT2D eigenvalue weighted by Crippen LogP contribution is 2.31. The molecular weight excluding hydrogens is 280 g/mol. The molecule has 0 spiro atoms. The van der Waals surface area contributed by atoms with Gasteiger partial charge in [-0.3, -0.25) is 4.98 Å². The molecule has 21 heavy (non-hydrogen) atoms. The first-order valence-corrected chi connectivity index (χ1v) is 7.70. The van der Waals surface area contributed by atoms with Crippen molar-refractivity contribution in [3.8, 4) is 0 Å². The van der Waals surface area contributed by atoms with Crippen LogP contribution in [0.25, 0.3) is 11.0 Å². The van der Waals surface area contributed by atoms with Crippen molar-refractivity contribution >= 4 is 22.8 Å². The number of aryl methyl sites for hydroxylation is 3. The maximum atomic E-state index is 5.87. The molecule has 0 atom stereocenters. The minimum absolute atomic E-state index is 0.487. The van der Waals surface area contributed by atoms with Crippen LogP contribution < -0.4 is 5.73 Å². The van der Waals surface area contributed by atoms with Gasteiger partial charge in [0.15, 0.2) is 5.16 Å². The van der Waals surface area contributed by atoms with E-state index in [9.17, 15) is 0 Å². The third-order valence-electron chi connectivity index (χ3n) is 3.44. The SMILES string of the molecule is Cc1ccc2nc(Sc3cc(C)nc(C)c3CN)[nH]c2c1. The summed E-state index contributed by atoms with van der Waals surface area (Å²) >= 11 is 1.61. The number of nitrogens with zero attached hydrogens (tertiary/aromatic N) is 2. The van der Waals surface area contributed by atoms with Crippen molar-refractivity contribution in [2.45, 2.75) is 37.4 Å². The fourth-order valence-corrected chi connectivity index (χ4v) is 3.51. The Labute approximate surface area is 128 Å². The zero-order chi connectivity index (χ0) is 15.0. The van der Waals surface area contributed by atoms with Crippen LogP contribution in [-0.4, -0.2) is 15.0 Å². The second kappa shape index (κ2) is 5.50. The highest BCUT2D eigenvalue weighted by atomic mass is 32.2. The third-order valence-corrected chi connectivity index (χ3v) is 4.42. The topological polar surface area (TPSA) is 67.6 Å². The van der Waals surface area contributed by atoms with Crippen LogP contribution in [0.3, 0.4) is 0 Å². The second-order valence-electron chi connectivity index (χ2n) is 5.19. The van der Waals surface area contributed by atoms with Gasteiger partial charge in [0.1, 0.15) is 0 Å². The number of fused-ring (bicyclic) bond motifs is 1. The van der Waals surface area contributed by atoms with Crippen molar-refractivity contribution in [2.75, 3.05) is 0 Å². The molecule has 108 valence electrons. The van der Waals surface area contributed by atoms with E-state index in [-0.39, 0.29) is 0 Å². The van der Waals surface area contributed by atoms with Crippen LogP contribution in [0.1, 0.15) is 22.5 Å². The van der Waals surface area contributed by atoms with Gasteiger partial charge in [-0.25, -0.2) is 4.98 Å². The van der Waals surface area contributed by atoms with Crippen molar-refractivity contribution in [1.82, 2.24) is 15.0 Å². The number of H-pyrrole nitrogens is 1. The number of pyridine rings is 1. The highest BCUT2D eigenvalue weighted by Gasteiger charge is 2.11. The number of benzene rings is 1. The number of rotatable bonds is 3. The van der Waals surface area contributed by atoms with Gasteiger partial charge in [-0.2, -0.15) is 0 Å². The smallest absolute Gasteiger partial charge is 0.171 e. The number of imidazole rings is 1. The minimum atomic E-state index is 0.487. The maximum Gasteiger partial charge on any atom is 0.171 e. The molecule has 0 aliphatic heterocycles. The van der Waals surface area contributed by atoms with Gasteiger partial charge in [-0.1, -0.05) is 17.8 Å². The normalized spacial score (nSPS) is 11.2. The Morgan fingerprint density at radius 3 is 2.71 bits per heavy atom. The fourth-order valence-electron chi connectivity index (χ4n) is 2.41. The van der Waals surface area contributed by atoms with Gasteiger partial charge in [0.05, 0.1) is 11.0 Å². The predicted molar refractivity (Wildman–Crippen MR) is 86.6 cm³/mol. The largest absolute Gasteiger partial charge is 0.333 e. The lowest BCUT2D eigenvalue weighted by molar-refractivity contribution is 0.941. The summed E-state index contributed by atoms with van der Waals surface area (Å²) in [5.74, 6) is 0. The third kappa shape index (κ3) is 2.80. The van der Waals surface area contributed by atoms with E-state index >= 15 is 0 Å². The molecule has 0 aliphatic rings. The summed E-state index contributed by atoms with van der Waals surface area (Å²) in [4.78, 5) is 13.6. The second-order valence-corrected chi connectivity index (χ2v) is 6.23. The van der Waals surface area contributed by atoms with Crippen molar-refractivity contribution in [3.05, 3.63) is 46.8 Å². The summed E-state index contributed by atoms with van der Waals surface area (Å²) in [6.07, 6.45) is 0. The van der Waals surface area contributed by atoms with Crippen LogP contribution in [0.15, 0.2) is 34.3 Å². The van der Waals surface area contributed by atoms with Crippen LogP contribution >= 0.6 is 11.8 Å². The van der Waals surface area contributed by atoms with E-state index in [0.29, 0.717) is 6.54 Å². The Bertz CT molecular complexity index is 807. The van der Waals surface area contributed by atoms with E-state index in [1.165, 1.54) is 5.56 Å². The first-order valence-electron chi connectivity index (χ1n) is 6.88. The summed E-state index contributed by atoms with van der Waals surface area (Å²) in [7, 11) is 0. The zero-order valence-electron chi connectivity index (χ0n) is 12.4. The van der Waals surface area contributed by atoms with Gasteiger partial charge in [0.2, 0.25) is 0 Å². The molecule has 5 heteroatoms. The molecule has 3 N–H and O–H groups in total. The van der Waals surface area contributed by atoms with E-state index in [4.69, 9.17) is 5.73 Å². The van der Waals surface area contributed by atoms with Gasteiger partial charge in [0.25, 0.3) is 0 Å². The molecule has 3 aromatic rings. The van der Waals surface area contributed by atoms with Crippen LogP contribution in [0.2, 0.25) is 0 Å². The van der Waals surface area contributed by atoms with Crippen LogP contribution in [0, 0.1) is 20.8 Å². The minimum Gasteiger partial charge on any atom is -0.333 e. The summed E-state index contributed by atoms with van der Waals surface area (Å²) in [6, 6.07) is 8.29. The molecule has 0 saturated carbocycles. The van der Waals surface area contributed by atoms with Gasteiger partial charge in [-0.05, 0) is 44.5 Å². The zero-order valence-corrected chi connectivity index (χ0v) is 13.2. The molecule has 2 heterocycles. The number of hydrogen-bond donors (Lipinski definition) is 2. The van der Waals surface area contributed by atoms with Crippen LogP contribution in [0.4, 0.5) is 0 Å². The van der Waals surface area contributed by atoms with E-state index in [1.54, 1.807) is 11.8 Å². The molecule has 0 fully saturated rings. The molecular formula is C16H18N4S. The molecule has 0 saturated heterocycles. The summed E-state index contributed by atoms with van der Waals surface area (Å²) < 4.78 is 0. The summed E-state index contributed by atoms with van der Waals surface area (Å²) in [6.45, 7) is 6.57. The molecule has 0 radical (unpaired) electrons. The van der Waals surface area contributed by atoms with Gasteiger partial charge in [0, 0.05) is 28.4 Å². The number of nitrogens with two attached hydrogens (primary N) is 1. The molecule has 4 nitrogen and oxygen atoms in total. The number of hydrogen-bond acceptors (Lipinski definition) is 4. The average Bonchev–Trinajstić information content (AvgIpc) is 2.79. The first kappa shape index (κ1) is 14.1. The summed E-state index contributed by atoms with van der Waals surface area (Å²) in [5, 5.41) is 0.885. The standard InChI is InChI=1S/C16H18N4S/c1-9-4-5-13-14(6-9)20-16(19-13)21-15-7-10(2)18-11(3)12(15)8-17/h4-7H,8,17H2,1-3H3,(H,19,20). The quantitative estimate of drug-likeness (QED) is 0.776. The lowest BCUT2D eigenvalue weighted by Crippen LogP contribution is -2.04. The Hall–Kier alpha value is -1.85. The fraction of sp³-hybridized carbons (Fsp3) is 0.250. The van der Waals surface area contributed by atoms with E-state index in [1.807, 2.05) is 19.9 Å². The van der Waals surface area contributed by atoms with Crippen molar-refractivity contribution in [3.63, 3.8) is 0 Å². The van der Waals surface area contributed by atoms with Crippen LogP contribution in [0.5, 0.6) is 0 Å². The van der Waals surface area contributed by atoms with Crippen molar-refractivity contribution in [1.29, 1.82) is 0 Å². The molecule has 0 amide bonds. The highest BCUT2D eigenvalue weighted by molar-refractivity contribution is 7.99. The van der Waals surface area contributed by atoms with Crippen molar-refractivity contribution < 1.29 is 0 Å². The lowest BCUT2D eigenvalue weighted by atomic mass is 10.2.